The molecule has 0 radical (unpaired) electrons. The lowest BCUT2D eigenvalue weighted by Gasteiger charge is -2.30. The summed E-state index contributed by atoms with van der Waals surface area (Å²) in [6, 6.07) is 13.9. The van der Waals surface area contributed by atoms with Crippen molar-refractivity contribution in [2.45, 2.75) is 44.6 Å². The molecular formula is C22H25N3O2. The number of anilines is 2. The Morgan fingerprint density at radius 2 is 1.96 bits per heavy atom. The van der Waals surface area contributed by atoms with Gasteiger partial charge in [-0.3, -0.25) is 9.59 Å². The van der Waals surface area contributed by atoms with Crippen LogP contribution in [0.5, 0.6) is 0 Å². The Morgan fingerprint density at radius 1 is 1.11 bits per heavy atom. The van der Waals surface area contributed by atoms with Crippen molar-refractivity contribution in [2.75, 3.05) is 17.2 Å². The number of hydrogen-bond acceptors (Lipinski definition) is 3. The molecule has 2 aliphatic rings. The first kappa shape index (κ1) is 17.6. The van der Waals surface area contributed by atoms with E-state index in [0.717, 1.165) is 37.1 Å². The molecule has 2 aromatic rings. The van der Waals surface area contributed by atoms with Crippen molar-refractivity contribution in [1.29, 1.82) is 0 Å². The van der Waals surface area contributed by atoms with Gasteiger partial charge in [0, 0.05) is 30.8 Å². The summed E-state index contributed by atoms with van der Waals surface area (Å²) in [5, 5.41) is 3.16. The van der Waals surface area contributed by atoms with Crippen molar-refractivity contribution >= 4 is 23.2 Å². The zero-order valence-electron chi connectivity index (χ0n) is 15.4. The van der Waals surface area contributed by atoms with E-state index >= 15 is 0 Å². The minimum Gasteiger partial charge on any atom is -0.399 e. The van der Waals surface area contributed by atoms with Crippen LogP contribution in [0, 0.1) is 0 Å². The summed E-state index contributed by atoms with van der Waals surface area (Å²) in [4.78, 5) is 26.7. The molecule has 0 aromatic heterocycles. The molecule has 1 heterocycles. The predicted molar refractivity (Wildman–Crippen MR) is 106 cm³/mol. The number of benzene rings is 2. The molecule has 0 fully saturated rings. The van der Waals surface area contributed by atoms with Gasteiger partial charge in [0.25, 0.3) is 0 Å². The van der Waals surface area contributed by atoms with E-state index in [0.29, 0.717) is 19.4 Å². The van der Waals surface area contributed by atoms with Gasteiger partial charge in [0.15, 0.2) is 0 Å². The lowest BCUT2D eigenvalue weighted by molar-refractivity contribution is -0.122. The van der Waals surface area contributed by atoms with Crippen LogP contribution in [0.15, 0.2) is 42.5 Å². The Bertz CT molecular complexity index is 878. The Balaban J connectivity index is 1.41. The summed E-state index contributed by atoms with van der Waals surface area (Å²) in [5.74, 6) is 0.0838. The van der Waals surface area contributed by atoms with Gasteiger partial charge in [-0.05, 0) is 60.6 Å². The monoisotopic (exact) mass is 363 g/mol. The smallest absolute Gasteiger partial charge is 0.227 e. The van der Waals surface area contributed by atoms with Crippen LogP contribution < -0.4 is 16.0 Å². The zero-order valence-corrected chi connectivity index (χ0v) is 15.4. The van der Waals surface area contributed by atoms with Crippen molar-refractivity contribution in [1.82, 2.24) is 5.32 Å². The number of carbonyl (C=O) groups is 2. The van der Waals surface area contributed by atoms with Gasteiger partial charge >= 0.3 is 0 Å². The number of carbonyl (C=O) groups excluding carboxylic acids is 2. The third kappa shape index (κ3) is 3.68. The number of nitrogen functional groups attached to an aromatic ring is 1. The molecular weight excluding hydrogens is 338 g/mol. The van der Waals surface area contributed by atoms with Crippen molar-refractivity contribution in [2.24, 2.45) is 0 Å². The molecule has 1 aliphatic heterocycles. The highest BCUT2D eigenvalue weighted by Gasteiger charge is 2.25. The Kier molecular flexibility index (Phi) is 4.84. The molecule has 5 nitrogen and oxygen atoms in total. The average molecular weight is 363 g/mol. The van der Waals surface area contributed by atoms with Crippen LogP contribution in [-0.4, -0.2) is 18.4 Å². The zero-order chi connectivity index (χ0) is 18.8. The van der Waals surface area contributed by atoms with Crippen molar-refractivity contribution in [3.05, 3.63) is 59.2 Å². The van der Waals surface area contributed by atoms with E-state index in [9.17, 15) is 9.59 Å². The van der Waals surface area contributed by atoms with Gasteiger partial charge in [0.1, 0.15) is 0 Å². The highest BCUT2D eigenvalue weighted by molar-refractivity contribution is 5.97. The van der Waals surface area contributed by atoms with Gasteiger partial charge in [0.05, 0.1) is 6.04 Å². The van der Waals surface area contributed by atoms with E-state index in [-0.39, 0.29) is 17.9 Å². The molecule has 1 aliphatic carbocycles. The van der Waals surface area contributed by atoms with Crippen molar-refractivity contribution in [3.63, 3.8) is 0 Å². The molecule has 2 aromatic carbocycles. The number of fused-ring (bicyclic) bond motifs is 2. The number of nitrogens with two attached hydrogens (primary N) is 1. The summed E-state index contributed by atoms with van der Waals surface area (Å²) in [6.45, 7) is 0.420. The first-order valence-electron chi connectivity index (χ1n) is 9.68. The summed E-state index contributed by atoms with van der Waals surface area (Å²) >= 11 is 0. The number of aryl methyl sites for hydroxylation is 2. The SMILES string of the molecule is Nc1ccc2c(c1)CCCC2NC(=O)CCN1C(=O)CCc2ccccc21. The third-order valence-corrected chi connectivity index (χ3v) is 5.57. The first-order valence-corrected chi connectivity index (χ1v) is 9.68. The van der Waals surface area contributed by atoms with Crippen molar-refractivity contribution in [3.8, 4) is 0 Å². The Hall–Kier alpha value is -2.82. The fourth-order valence-corrected chi connectivity index (χ4v) is 4.21. The quantitative estimate of drug-likeness (QED) is 0.820. The van der Waals surface area contributed by atoms with E-state index in [1.54, 1.807) is 4.90 Å². The lowest BCUT2D eigenvalue weighted by Crippen LogP contribution is -2.39. The molecule has 1 atom stereocenters. The maximum absolute atomic E-state index is 12.6. The second-order valence-corrected chi connectivity index (χ2v) is 7.39. The van der Waals surface area contributed by atoms with Crippen LogP contribution in [-0.2, 0) is 22.4 Å². The van der Waals surface area contributed by atoms with Crippen LogP contribution in [0.3, 0.4) is 0 Å². The van der Waals surface area contributed by atoms with Crippen LogP contribution in [0.1, 0.15) is 48.4 Å². The maximum atomic E-state index is 12.6. The highest BCUT2D eigenvalue weighted by Crippen LogP contribution is 2.31. The van der Waals surface area contributed by atoms with Gasteiger partial charge in [-0.2, -0.15) is 0 Å². The highest BCUT2D eigenvalue weighted by atomic mass is 16.2. The van der Waals surface area contributed by atoms with E-state index in [1.807, 2.05) is 36.4 Å². The van der Waals surface area contributed by atoms with Crippen LogP contribution in [0.2, 0.25) is 0 Å². The summed E-state index contributed by atoms with van der Waals surface area (Å²) in [6.07, 6.45) is 4.58. The average Bonchev–Trinajstić information content (AvgIpc) is 2.67. The number of para-hydroxylation sites is 1. The Labute approximate surface area is 159 Å². The maximum Gasteiger partial charge on any atom is 0.227 e. The molecule has 2 amide bonds. The summed E-state index contributed by atoms with van der Waals surface area (Å²) < 4.78 is 0. The van der Waals surface area contributed by atoms with Gasteiger partial charge in [0.2, 0.25) is 11.8 Å². The summed E-state index contributed by atoms with van der Waals surface area (Å²) in [7, 11) is 0. The molecule has 140 valence electrons. The second kappa shape index (κ2) is 7.43. The largest absolute Gasteiger partial charge is 0.399 e. The number of hydrogen-bond donors (Lipinski definition) is 2. The fraction of sp³-hybridized carbons (Fsp3) is 0.364. The molecule has 4 rings (SSSR count). The van der Waals surface area contributed by atoms with Crippen LogP contribution >= 0.6 is 0 Å². The normalized spacial score (nSPS) is 18.6. The summed E-state index contributed by atoms with van der Waals surface area (Å²) in [5.41, 5.74) is 11.2. The second-order valence-electron chi connectivity index (χ2n) is 7.39. The Morgan fingerprint density at radius 3 is 2.85 bits per heavy atom. The molecule has 0 spiro atoms. The molecule has 0 saturated heterocycles. The number of amides is 2. The molecule has 0 bridgehead atoms. The van der Waals surface area contributed by atoms with E-state index in [4.69, 9.17) is 5.73 Å². The topological polar surface area (TPSA) is 75.4 Å². The van der Waals surface area contributed by atoms with E-state index < -0.39 is 0 Å². The van der Waals surface area contributed by atoms with Gasteiger partial charge in [-0.25, -0.2) is 0 Å². The first-order chi connectivity index (χ1) is 13.1. The lowest BCUT2D eigenvalue weighted by atomic mass is 9.87. The standard InChI is InChI=1S/C22H25N3O2/c23-17-9-10-18-16(14-17)5-3-6-19(18)24-21(26)12-13-25-20-7-2-1-4-15(20)8-11-22(25)27/h1-2,4,7,9-10,14,19H,3,5-6,8,11-13,23H2,(H,24,26). The molecule has 0 saturated carbocycles. The van der Waals surface area contributed by atoms with Gasteiger partial charge in [-0.15, -0.1) is 0 Å². The van der Waals surface area contributed by atoms with Crippen LogP contribution in [0.25, 0.3) is 0 Å². The number of nitrogens with one attached hydrogen (secondary N) is 1. The number of rotatable bonds is 4. The van der Waals surface area contributed by atoms with Crippen molar-refractivity contribution < 1.29 is 9.59 Å². The number of nitrogens with zero attached hydrogens (tertiary/aromatic N) is 1. The molecule has 1 unspecified atom stereocenters. The van der Waals surface area contributed by atoms with Crippen LogP contribution in [0.4, 0.5) is 11.4 Å². The third-order valence-electron chi connectivity index (χ3n) is 5.57. The molecule has 27 heavy (non-hydrogen) atoms. The minimum absolute atomic E-state index is 0.0134. The molecule has 5 heteroatoms. The van der Waals surface area contributed by atoms with Gasteiger partial charge < -0.3 is 16.0 Å². The van der Waals surface area contributed by atoms with Gasteiger partial charge in [-0.1, -0.05) is 24.3 Å². The predicted octanol–water partition coefficient (Wildman–Crippen LogP) is 3.13. The fourth-order valence-electron chi connectivity index (χ4n) is 4.21. The van der Waals surface area contributed by atoms with E-state index in [2.05, 4.69) is 11.4 Å². The van der Waals surface area contributed by atoms with E-state index in [1.165, 1.54) is 16.7 Å². The molecule has 3 N–H and O–H groups in total. The minimum atomic E-state index is -0.0134.